The van der Waals surface area contributed by atoms with E-state index in [4.69, 9.17) is 4.74 Å². The number of benzene rings is 2. The van der Waals surface area contributed by atoms with Gasteiger partial charge < -0.3 is 9.64 Å². The number of thiazole rings is 1. The lowest BCUT2D eigenvalue weighted by Gasteiger charge is -2.16. The van der Waals surface area contributed by atoms with Crippen LogP contribution in [0.1, 0.15) is 28.9 Å². The van der Waals surface area contributed by atoms with Crippen LogP contribution in [0, 0.1) is 0 Å². The topological polar surface area (TPSA) is 42.4 Å². The summed E-state index contributed by atoms with van der Waals surface area (Å²) in [5.41, 5.74) is 3.71. The molecule has 0 spiro atoms. The van der Waals surface area contributed by atoms with E-state index in [0.29, 0.717) is 18.2 Å². The highest BCUT2D eigenvalue weighted by Crippen LogP contribution is 2.37. The second kappa shape index (κ2) is 6.33. The summed E-state index contributed by atoms with van der Waals surface area (Å²) in [5, 5.41) is 2.68. The Morgan fingerprint density at radius 2 is 1.96 bits per heavy atom. The number of amides is 1. The van der Waals surface area contributed by atoms with Gasteiger partial charge >= 0.3 is 0 Å². The highest BCUT2D eigenvalue weighted by molar-refractivity contribution is 7.13. The third-order valence-electron chi connectivity index (χ3n) is 4.52. The number of hydrogen-bond acceptors (Lipinski definition) is 4. The predicted octanol–water partition coefficient (Wildman–Crippen LogP) is 4.58. The third kappa shape index (κ3) is 2.81. The second-order valence-corrected chi connectivity index (χ2v) is 7.00. The van der Waals surface area contributed by atoms with Crippen LogP contribution < -0.4 is 9.64 Å². The van der Waals surface area contributed by atoms with Gasteiger partial charge in [-0.3, -0.25) is 4.79 Å². The van der Waals surface area contributed by atoms with Gasteiger partial charge in [-0.2, -0.15) is 0 Å². The van der Waals surface area contributed by atoms with E-state index in [9.17, 15) is 4.79 Å². The summed E-state index contributed by atoms with van der Waals surface area (Å²) in [4.78, 5) is 19.4. The molecule has 0 fully saturated rings. The molecule has 126 valence electrons. The van der Waals surface area contributed by atoms with Crippen molar-refractivity contribution in [2.75, 3.05) is 18.6 Å². The molecule has 0 saturated carbocycles. The lowest BCUT2D eigenvalue weighted by Crippen LogP contribution is -2.29. The molecule has 0 radical (unpaired) electrons. The molecule has 0 saturated heterocycles. The van der Waals surface area contributed by atoms with Gasteiger partial charge in [-0.05, 0) is 35.9 Å². The molecule has 0 N–H and O–H groups in total. The highest BCUT2D eigenvalue weighted by atomic mass is 32.1. The Balaban J connectivity index is 1.61. The number of aromatic nitrogens is 1. The molecule has 2 heterocycles. The van der Waals surface area contributed by atoms with Crippen molar-refractivity contribution >= 4 is 22.9 Å². The molecule has 0 bridgehead atoms. The SMILES string of the molecule is COc1ccc(-c2nc(C(=O)N3CC(C)c4ccccc43)cs2)cc1. The molecule has 5 heteroatoms. The van der Waals surface area contributed by atoms with Gasteiger partial charge in [-0.1, -0.05) is 25.1 Å². The van der Waals surface area contributed by atoms with Crippen molar-refractivity contribution in [3.05, 3.63) is 65.2 Å². The number of methoxy groups -OCH3 is 1. The largest absolute Gasteiger partial charge is 0.497 e. The lowest BCUT2D eigenvalue weighted by atomic mass is 10.0. The van der Waals surface area contributed by atoms with Crippen LogP contribution in [0.5, 0.6) is 5.75 Å². The Morgan fingerprint density at radius 1 is 1.20 bits per heavy atom. The van der Waals surface area contributed by atoms with E-state index in [-0.39, 0.29) is 5.91 Å². The van der Waals surface area contributed by atoms with E-state index >= 15 is 0 Å². The molecule has 25 heavy (non-hydrogen) atoms. The quantitative estimate of drug-likeness (QED) is 0.694. The first-order valence-electron chi connectivity index (χ1n) is 8.18. The van der Waals surface area contributed by atoms with Crippen molar-refractivity contribution < 1.29 is 9.53 Å². The van der Waals surface area contributed by atoms with E-state index < -0.39 is 0 Å². The minimum absolute atomic E-state index is 0.0344. The Labute approximate surface area is 150 Å². The number of nitrogens with zero attached hydrogens (tertiary/aromatic N) is 2. The monoisotopic (exact) mass is 350 g/mol. The molecular formula is C20H18N2O2S. The van der Waals surface area contributed by atoms with Crippen molar-refractivity contribution in [3.63, 3.8) is 0 Å². The van der Waals surface area contributed by atoms with Gasteiger partial charge in [0.2, 0.25) is 0 Å². The van der Waals surface area contributed by atoms with Gasteiger partial charge in [-0.25, -0.2) is 4.98 Å². The number of hydrogen-bond donors (Lipinski definition) is 0. The number of carbonyl (C=O) groups is 1. The summed E-state index contributed by atoms with van der Waals surface area (Å²) in [5.74, 6) is 1.12. The zero-order chi connectivity index (χ0) is 17.4. The first kappa shape index (κ1) is 15.8. The highest BCUT2D eigenvalue weighted by Gasteiger charge is 2.31. The number of ether oxygens (including phenoxy) is 1. The summed E-state index contributed by atoms with van der Waals surface area (Å²) in [6, 6.07) is 15.8. The molecule has 4 nitrogen and oxygen atoms in total. The van der Waals surface area contributed by atoms with Crippen molar-refractivity contribution in [2.24, 2.45) is 0 Å². The lowest BCUT2D eigenvalue weighted by molar-refractivity contribution is 0.0984. The van der Waals surface area contributed by atoms with Crippen LogP contribution in [0.15, 0.2) is 53.9 Å². The summed E-state index contributed by atoms with van der Waals surface area (Å²) < 4.78 is 5.18. The molecule has 4 rings (SSSR count). The number of anilines is 1. The number of carbonyl (C=O) groups excluding carboxylic acids is 1. The summed E-state index contributed by atoms with van der Waals surface area (Å²) in [7, 11) is 1.64. The number of para-hydroxylation sites is 1. The summed E-state index contributed by atoms with van der Waals surface area (Å²) in [6.07, 6.45) is 0. The van der Waals surface area contributed by atoms with Crippen LogP contribution in [-0.4, -0.2) is 24.5 Å². The van der Waals surface area contributed by atoms with Crippen LogP contribution in [0.4, 0.5) is 5.69 Å². The smallest absolute Gasteiger partial charge is 0.277 e. The van der Waals surface area contributed by atoms with Gasteiger partial charge in [0.1, 0.15) is 16.5 Å². The van der Waals surface area contributed by atoms with Crippen molar-refractivity contribution in [1.82, 2.24) is 4.98 Å². The van der Waals surface area contributed by atoms with E-state index in [1.165, 1.54) is 16.9 Å². The average Bonchev–Trinajstić information content (AvgIpc) is 3.27. The molecule has 3 aromatic rings. The minimum atomic E-state index is -0.0344. The Bertz CT molecular complexity index is 917. The maximum Gasteiger partial charge on any atom is 0.277 e. The van der Waals surface area contributed by atoms with Crippen LogP contribution >= 0.6 is 11.3 Å². The fourth-order valence-electron chi connectivity index (χ4n) is 3.19. The maximum atomic E-state index is 13.0. The van der Waals surface area contributed by atoms with E-state index in [0.717, 1.165) is 22.0 Å². The molecule has 1 atom stereocenters. The summed E-state index contributed by atoms with van der Waals surface area (Å²) >= 11 is 1.49. The molecule has 2 aromatic carbocycles. The van der Waals surface area contributed by atoms with Gasteiger partial charge in [0.25, 0.3) is 5.91 Å². The third-order valence-corrected chi connectivity index (χ3v) is 5.41. The fourth-order valence-corrected chi connectivity index (χ4v) is 3.99. The Morgan fingerprint density at radius 3 is 2.72 bits per heavy atom. The fraction of sp³-hybridized carbons (Fsp3) is 0.200. The molecule has 1 unspecified atom stereocenters. The molecular weight excluding hydrogens is 332 g/mol. The van der Waals surface area contributed by atoms with Crippen molar-refractivity contribution in [1.29, 1.82) is 0 Å². The normalized spacial score (nSPS) is 15.9. The molecule has 1 aromatic heterocycles. The number of fused-ring (bicyclic) bond motifs is 1. The summed E-state index contributed by atoms with van der Waals surface area (Å²) in [6.45, 7) is 2.85. The van der Waals surface area contributed by atoms with E-state index in [1.54, 1.807) is 7.11 Å². The van der Waals surface area contributed by atoms with Gasteiger partial charge in [-0.15, -0.1) is 11.3 Å². The van der Waals surface area contributed by atoms with E-state index in [1.807, 2.05) is 52.7 Å². The molecule has 1 aliphatic heterocycles. The van der Waals surface area contributed by atoms with Crippen LogP contribution in [-0.2, 0) is 0 Å². The molecule has 1 aliphatic rings. The van der Waals surface area contributed by atoms with E-state index in [2.05, 4.69) is 18.0 Å². The van der Waals surface area contributed by atoms with Gasteiger partial charge in [0.15, 0.2) is 0 Å². The molecule has 0 aliphatic carbocycles. The zero-order valence-electron chi connectivity index (χ0n) is 14.1. The minimum Gasteiger partial charge on any atom is -0.497 e. The Kier molecular flexibility index (Phi) is 4.01. The first-order chi connectivity index (χ1) is 12.2. The predicted molar refractivity (Wildman–Crippen MR) is 101 cm³/mol. The van der Waals surface area contributed by atoms with Crippen LogP contribution in [0.25, 0.3) is 10.6 Å². The number of rotatable bonds is 3. The van der Waals surface area contributed by atoms with Crippen molar-refractivity contribution in [3.8, 4) is 16.3 Å². The second-order valence-electron chi connectivity index (χ2n) is 6.14. The maximum absolute atomic E-state index is 13.0. The Hall–Kier alpha value is -2.66. The van der Waals surface area contributed by atoms with Crippen molar-refractivity contribution in [2.45, 2.75) is 12.8 Å². The van der Waals surface area contributed by atoms with Gasteiger partial charge in [0.05, 0.1) is 7.11 Å². The van der Waals surface area contributed by atoms with Gasteiger partial charge in [0, 0.05) is 29.1 Å². The first-order valence-corrected chi connectivity index (χ1v) is 9.06. The standard InChI is InChI=1S/C20H18N2O2S/c1-13-11-22(18-6-4-3-5-16(13)18)20(23)17-12-25-19(21-17)14-7-9-15(24-2)10-8-14/h3-10,12-13H,11H2,1-2H3. The average molecular weight is 350 g/mol. The van der Waals surface area contributed by atoms with Crippen LogP contribution in [0.2, 0.25) is 0 Å². The van der Waals surface area contributed by atoms with Crippen LogP contribution in [0.3, 0.4) is 0 Å². The molecule has 1 amide bonds. The zero-order valence-corrected chi connectivity index (χ0v) is 14.9.